The molecule has 2 nitrogen and oxygen atoms in total. The second-order valence-corrected chi connectivity index (χ2v) is 5.20. The van der Waals surface area contributed by atoms with Gasteiger partial charge in [-0.1, -0.05) is 6.92 Å². The number of hydrogen-bond acceptors (Lipinski definition) is 2. The molecule has 0 spiro atoms. The predicted molar refractivity (Wildman–Crippen MR) is 58.3 cm³/mol. The molecular formula is C12H24O2. The van der Waals surface area contributed by atoms with Crippen LogP contribution in [0.4, 0.5) is 0 Å². The summed E-state index contributed by atoms with van der Waals surface area (Å²) in [6, 6.07) is 0. The second kappa shape index (κ2) is 4.19. The monoisotopic (exact) mass is 200 g/mol. The summed E-state index contributed by atoms with van der Waals surface area (Å²) < 4.78 is 5.37. The van der Waals surface area contributed by atoms with Crippen molar-refractivity contribution in [3.8, 4) is 0 Å². The Kier molecular flexibility index (Phi) is 3.59. The molecule has 1 rings (SSSR count). The fraction of sp³-hybridized carbons (Fsp3) is 1.00. The first-order chi connectivity index (χ1) is 6.43. The Morgan fingerprint density at radius 1 is 1.29 bits per heavy atom. The molecule has 0 saturated heterocycles. The lowest BCUT2D eigenvalue weighted by Crippen LogP contribution is -2.34. The Bertz CT molecular complexity index is 185. The highest BCUT2D eigenvalue weighted by Crippen LogP contribution is 2.44. The van der Waals surface area contributed by atoms with Crippen molar-refractivity contribution in [3.05, 3.63) is 0 Å². The van der Waals surface area contributed by atoms with Crippen LogP contribution in [0.2, 0.25) is 0 Å². The molecule has 84 valence electrons. The van der Waals surface area contributed by atoms with E-state index >= 15 is 0 Å². The highest BCUT2D eigenvalue weighted by atomic mass is 16.5. The van der Waals surface area contributed by atoms with Gasteiger partial charge in [0, 0.05) is 7.11 Å². The average molecular weight is 200 g/mol. The zero-order chi connectivity index (χ0) is 10.8. The van der Waals surface area contributed by atoms with Crippen molar-refractivity contribution in [2.24, 2.45) is 5.92 Å². The fourth-order valence-corrected chi connectivity index (χ4v) is 1.91. The lowest BCUT2D eigenvalue weighted by molar-refractivity contribution is -0.0384. The highest BCUT2D eigenvalue weighted by Gasteiger charge is 2.42. The van der Waals surface area contributed by atoms with Crippen molar-refractivity contribution in [3.63, 3.8) is 0 Å². The molecule has 1 fully saturated rings. The molecule has 0 aromatic heterocycles. The van der Waals surface area contributed by atoms with E-state index in [1.807, 2.05) is 0 Å². The molecule has 2 heteroatoms. The smallest absolute Gasteiger partial charge is 0.0674 e. The van der Waals surface area contributed by atoms with Crippen LogP contribution in [-0.2, 0) is 4.74 Å². The van der Waals surface area contributed by atoms with Gasteiger partial charge in [-0.3, -0.25) is 0 Å². The van der Waals surface area contributed by atoms with Crippen LogP contribution >= 0.6 is 0 Å². The van der Waals surface area contributed by atoms with E-state index in [2.05, 4.69) is 20.8 Å². The molecule has 1 N–H and O–H groups in total. The lowest BCUT2D eigenvalue weighted by atomic mass is 9.85. The van der Waals surface area contributed by atoms with Crippen molar-refractivity contribution < 1.29 is 9.84 Å². The maximum Gasteiger partial charge on any atom is 0.0674 e. The highest BCUT2D eigenvalue weighted by molar-refractivity contribution is 4.94. The normalized spacial score (nSPS) is 22.1. The third-order valence-corrected chi connectivity index (χ3v) is 3.66. The summed E-state index contributed by atoms with van der Waals surface area (Å²) in [4.78, 5) is 0. The summed E-state index contributed by atoms with van der Waals surface area (Å²) in [7, 11) is 1.74. The van der Waals surface area contributed by atoms with Gasteiger partial charge < -0.3 is 9.84 Å². The minimum Gasteiger partial charge on any atom is -0.390 e. The van der Waals surface area contributed by atoms with E-state index in [4.69, 9.17) is 4.74 Å². The topological polar surface area (TPSA) is 29.5 Å². The van der Waals surface area contributed by atoms with Crippen LogP contribution in [0.1, 0.15) is 52.9 Å². The van der Waals surface area contributed by atoms with E-state index in [9.17, 15) is 5.11 Å². The molecule has 1 atom stereocenters. The minimum absolute atomic E-state index is 0.0992. The van der Waals surface area contributed by atoms with Gasteiger partial charge >= 0.3 is 0 Å². The third kappa shape index (κ3) is 2.96. The first-order valence-electron chi connectivity index (χ1n) is 5.71. The van der Waals surface area contributed by atoms with Gasteiger partial charge in [0.1, 0.15) is 0 Å². The summed E-state index contributed by atoms with van der Waals surface area (Å²) >= 11 is 0. The number of hydrogen-bond donors (Lipinski definition) is 1. The van der Waals surface area contributed by atoms with Crippen molar-refractivity contribution in [2.75, 3.05) is 7.11 Å². The van der Waals surface area contributed by atoms with Crippen LogP contribution in [0.5, 0.6) is 0 Å². The maximum atomic E-state index is 10.4. The summed E-state index contributed by atoms with van der Waals surface area (Å²) in [5, 5.41) is 10.4. The van der Waals surface area contributed by atoms with E-state index in [1.165, 1.54) is 12.8 Å². The van der Waals surface area contributed by atoms with E-state index in [0.717, 1.165) is 19.3 Å². The molecule has 1 aliphatic rings. The molecule has 1 aliphatic carbocycles. The Balaban J connectivity index is 2.41. The molecular weight excluding hydrogens is 176 g/mol. The Morgan fingerprint density at radius 2 is 1.86 bits per heavy atom. The molecule has 14 heavy (non-hydrogen) atoms. The van der Waals surface area contributed by atoms with Gasteiger partial charge in [0.25, 0.3) is 0 Å². The third-order valence-electron chi connectivity index (χ3n) is 3.66. The van der Waals surface area contributed by atoms with E-state index in [0.29, 0.717) is 5.92 Å². The molecule has 0 aromatic rings. The van der Waals surface area contributed by atoms with E-state index < -0.39 is 5.60 Å². The van der Waals surface area contributed by atoms with Gasteiger partial charge in [-0.05, 0) is 51.9 Å². The first-order valence-corrected chi connectivity index (χ1v) is 5.71. The largest absolute Gasteiger partial charge is 0.390 e. The molecule has 0 aromatic carbocycles. The molecule has 1 unspecified atom stereocenters. The molecule has 1 saturated carbocycles. The summed E-state index contributed by atoms with van der Waals surface area (Å²) in [5.74, 6) is 0.556. The summed E-state index contributed by atoms with van der Waals surface area (Å²) in [5.41, 5.74) is -0.520. The first kappa shape index (κ1) is 12.0. The van der Waals surface area contributed by atoms with Crippen LogP contribution < -0.4 is 0 Å². The van der Waals surface area contributed by atoms with Gasteiger partial charge in [-0.25, -0.2) is 0 Å². The number of aliphatic hydroxyl groups is 1. The van der Waals surface area contributed by atoms with Crippen LogP contribution in [-0.4, -0.2) is 23.4 Å². The quantitative estimate of drug-likeness (QED) is 0.714. The van der Waals surface area contributed by atoms with Gasteiger partial charge in [0.15, 0.2) is 0 Å². The zero-order valence-electron chi connectivity index (χ0n) is 9.97. The van der Waals surface area contributed by atoms with E-state index in [-0.39, 0.29) is 5.60 Å². The lowest BCUT2D eigenvalue weighted by Gasteiger charge is -2.31. The molecule has 0 radical (unpaired) electrons. The fourth-order valence-electron chi connectivity index (χ4n) is 1.91. The number of methoxy groups -OCH3 is 1. The zero-order valence-corrected chi connectivity index (χ0v) is 9.97. The maximum absolute atomic E-state index is 10.4. The predicted octanol–water partition coefficient (Wildman–Crippen LogP) is 2.74. The van der Waals surface area contributed by atoms with Crippen LogP contribution in [0.25, 0.3) is 0 Å². The van der Waals surface area contributed by atoms with Gasteiger partial charge in [-0.15, -0.1) is 0 Å². The van der Waals surface area contributed by atoms with Crippen molar-refractivity contribution in [2.45, 2.75) is 64.1 Å². The number of rotatable bonds is 6. The molecule has 0 amide bonds. The van der Waals surface area contributed by atoms with Gasteiger partial charge in [-0.2, -0.15) is 0 Å². The van der Waals surface area contributed by atoms with Gasteiger partial charge in [0.2, 0.25) is 0 Å². The van der Waals surface area contributed by atoms with Crippen molar-refractivity contribution >= 4 is 0 Å². The summed E-state index contributed by atoms with van der Waals surface area (Å²) in [6.45, 7) is 6.24. The molecule has 0 heterocycles. The number of ether oxygens (including phenoxy) is 1. The van der Waals surface area contributed by atoms with Crippen molar-refractivity contribution in [1.29, 1.82) is 0 Å². The summed E-state index contributed by atoms with van der Waals surface area (Å²) in [6.07, 6.45) is 5.09. The Labute approximate surface area is 87.7 Å². The Morgan fingerprint density at radius 3 is 2.21 bits per heavy atom. The molecule has 0 aliphatic heterocycles. The van der Waals surface area contributed by atoms with E-state index in [1.54, 1.807) is 7.11 Å². The van der Waals surface area contributed by atoms with Crippen LogP contribution in [0.15, 0.2) is 0 Å². The minimum atomic E-state index is -0.421. The average Bonchev–Trinajstić information content (AvgIpc) is 2.98. The van der Waals surface area contributed by atoms with Crippen LogP contribution in [0.3, 0.4) is 0 Å². The Hall–Kier alpha value is -0.0800. The van der Waals surface area contributed by atoms with Crippen molar-refractivity contribution in [1.82, 2.24) is 0 Å². The molecule has 0 bridgehead atoms. The van der Waals surface area contributed by atoms with Gasteiger partial charge in [0.05, 0.1) is 11.2 Å². The van der Waals surface area contributed by atoms with Crippen LogP contribution in [0, 0.1) is 5.92 Å². The standard InChI is InChI=1S/C12H24O2/c1-5-12(13,10-6-7-10)9-8-11(2,3)14-4/h10,13H,5-9H2,1-4H3. The second-order valence-electron chi connectivity index (χ2n) is 5.20. The SMILES string of the molecule is CCC(O)(CCC(C)(C)OC)C1CC1.